The van der Waals surface area contributed by atoms with Crippen LogP contribution in [0.25, 0.3) is 0 Å². The first-order chi connectivity index (χ1) is 8.49. The minimum absolute atomic E-state index is 0.0121. The third-order valence-electron chi connectivity index (χ3n) is 2.46. The fourth-order valence-electron chi connectivity index (χ4n) is 1.34. The highest BCUT2D eigenvalue weighted by Crippen LogP contribution is 2.35. The van der Waals surface area contributed by atoms with E-state index in [1.807, 2.05) is 13.8 Å². The standard InChI is InChI=1S/C12H16N2O4/c1-3-8(4-2)13-14-12(18)7-5-9(15)11(17)10(16)6-7/h5-6,15-17H,3-4H2,1-2H3,(H,14,18). The van der Waals surface area contributed by atoms with E-state index in [0.717, 1.165) is 30.7 Å². The molecule has 0 aliphatic carbocycles. The fourth-order valence-corrected chi connectivity index (χ4v) is 1.34. The summed E-state index contributed by atoms with van der Waals surface area (Å²) in [6.45, 7) is 3.85. The van der Waals surface area contributed by atoms with Crippen LogP contribution in [0.2, 0.25) is 0 Å². The van der Waals surface area contributed by atoms with E-state index in [2.05, 4.69) is 10.5 Å². The van der Waals surface area contributed by atoms with Crippen molar-refractivity contribution < 1.29 is 20.1 Å². The van der Waals surface area contributed by atoms with Crippen molar-refractivity contribution >= 4 is 11.6 Å². The number of phenols is 3. The molecular weight excluding hydrogens is 236 g/mol. The molecule has 18 heavy (non-hydrogen) atoms. The Morgan fingerprint density at radius 2 is 1.67 bits per heavy atom. The number of benzene rings is 1. The molecule has 0 unspecified atom stereocenters. The van der Waals surface area contributed by atoms with E-state index in [4.69, 9.17) is 5.11 Å². The predicted octanol–water partition coefficient (Wildman–Crippen LogP) is 1.71. The first kappa shape index (κ1) is 13.8. The molecule has 1 aromatic rings. The first-order valence-corrected chi connectivity index (χ1v) is 5.60. The number of nitrogens with one attached hydrogen (secondary N) is 1. The summed E-state index contributed by atoms with van der Waals surface area (Å²) in [7, 11) is 0. The summed E-state index contributed by atoms with van der Waals surface area (Å²) in [5.41, 5.74) is 3.16. The van der Waals surface area contributed by atoms with Gasteiger partial charge in [-0.1, -0.05) is 13.8 Å². The predicted molar refractivity (Wildman–Crippen MR) is 66.9 cm³/mol. The second-order valence-electron chi connectivity index (χ2n) is 3.69. The number of carbonyl (C=O) groups is 1. The number of nitrogens with zero attached hydrogens (tertiary/aromatic N) is 1. The summed E-state index contributed by atoms with van der Waals surface area (Å²) in [6.07, 6.45) is 1.45. The van der Waals surface area contributed by atoms with E-state index in [1.54, 1.807) is 0 Å². The van der Waals surface area contributed by atoms with Gasteiger partial charge >= 0.3 is 0 Å². The number of aromatic hydroxyl groups is 3. The van der Waals surface area contributed by atoms with Crippen molar-refractivity contribution in [2.75, 3.05) is 0 Å². The number of rotatable bonds is 4. The molecule has 0 radical (unpaired) electrons. The maximum atomic E-state index is 11.7. The van der Waals surface area contributed by atoms with Crippen molar-refractivity contribution in [3.05, 3.63) is 17.7 Å². The Bertz CT molecular complexity index is 454. The van der Waals surface area contributed by atoms with Gasteiger partial charge in [0.1, 0.15) is 0 Å². The fraction of sp³-hybridized carbons (Fsp3) is 0.333. The summed E-state index contributed by atoms with van der Waals surface area (Å²) >= 11 is 0. The summed E-state index contributed by atoms with van der Waals surface area (Å²) in [5.74, 6) is -2.34. The number of hydrogen-bond donors (Lipinski definition) is 4. The Kier molecular flexibility index (Phi) is 4.53. The molecule has 1 amide bonds. The Morgan fingerprint density at radius 1 is 1.17 bits per heavy atom. The lowest BCUT2D eigenvalue weighted by atomic mass is 10.2. The van der Waals surface area contributed by atoms with Gasteiger partial charge in [-0.2, -0.15) is 5.10 Å². The van der Waals surface area contributed by atoms with Crippen LogP contribution >= 0.6 is 0 Å². The van der Waals surface area contributed by atoms with Gasteiger partial charge in [0.2, 0.25) is 0 Å². The summed E-state index contributed by atoms with van der Waals surface area (Å²) in [4.78, 5) is 11.7. The summed E-state index contributed by atoms with van der Waals surface area (Å²) < 4.78 is 0. The van der Waals surface area contributed by atoms with Crippen LogP contribution in [0.1, 0.15) is 37.0 Å². The summed E-state index contributed by atoms with van der Waals surface area (Å²) in [6, 6.07) is 2.11. The van der Waals surface area contributed by atoms with Crippen LogP contribution in [-0.2, 0) is 0 Å². The van der Waals surface area contributed by atoms with Gasteiger partial charge in [0.05, 0.1) is 0 Å². The molecule has 0 aromatic heterocycles. The third-order valence-corrected chi connectivity index (χ3v) is 2.46. The maximum absolute atomic E-state index is 11.7. The third kappa shape index (κ3) is 3.13. The average Bonchev–Trinajstić information content (AvgIpc) is 2.36. The quantitative estimate of drug-likeness (QED) is 0.372. The Hall–Kier alpha value is -2.24. The van der Waals surface area contributed by atoms with Crippen LogP contribution in [0, 0.1) is 0 Å². The lowest BCUT2D eigenvalue weighted by molar-refractivity contribution is 0.0953. The zero-order chi connectivity index (χ0) is 13.7. The van der Waals surface area contributed by atoms with Gasteiger partial charge in [-0.05, 0) is 25.0 Å². The molecular formula is C12H16N2O4. The van der Waals surface area contributed by atoms with Crippen LogP contribution in [0.15, 0.2) is 17.2 Å². The molecule has 0 aliphatic rings. The van der Waals surface area contributed by atoms with Gasteiger partial charge in [-0.3, -0.25) is 4.79 Å². The first-order valence-electron chi connectivity index (χ1n) is 5.60. The van der Waals surface area contributed by atoms with E-state index in [-0.39, 0.29) is 5.56 Å². The molecule has 0 aliphatic heterocycles. The Morgan fingerprint density at radius 3 is 2.11 bits per heavy atom. The second-order valence-corrected chi connectivity index (χ2v) is 3.69. The smallest absolute Gasteiger partial charge is 0.271 e. The van der Waals surface area contributed by atoms with Crippen molar-refractivity contribution in [3.8, 4) is 17.2 Å². The monoisotopic (exact) mass is 252 g/mol. The molecule has 0 atom stereocenters. The molecule has 0 bridgehead atoms. The molecule has 0 fully saturated rings. The minimum Gasteiger partial charge on any atom is -0.504 e. The SMILES string of the molecule is CCC(CC)=NNC(=O)c1cc(O)c(O)c(O)c1. The summed E-state index contributed by atoms with van der Waals surface area (Å²) in [5, 5.41) is 31.6. The molecule has 98 valence electrons. The van der Waals surface area contributed by atoms with E-state index >= 15 is 0 Å². The van der Waals surface area contributed by atoms with E-state index in [1.165, 1.54) is 0 Å². The van der Waals surface area contributed by atoms with E-state index in [9.17, 15) is 15.0 Å². The molecule has 0 saturated heterocycles. The highest BCUT2D eigenvalue weighted by molar-refractivity contribution is 5.96. The van der Waals surface area contributed by atoms with Crippen LogP contribution in [0.4, 0.5) is 0 Å². The van der Waals surface area contributed by atoms with Crippen LogP contribution in [-0.4, -0.2) is 26.9 Å². The van der Waals surface area contributed by atoms with Gasteiger partial charge in [0.15, 0.2) is 17.2 Å². The normalized spacial score (nSPS) is 9.89. The van der Waals surface area contributed by atoms with Crippen molar-refractivity contribution in [2.45, 2.75) is 26.7 Å². The molecule has 0 spiro atoms. The second kappa shape index (κ2) is 5.90. The van der Waals surface area contributed by atoms with E-state index in [0.29, 0.717) is 0 Å². The number of hydrazone groups is 1. The van der Waals surface area contributed by atoms with Crippen molar-refractivity contribution in [1.82, 2.24) is 5.43 Å². The highest BCUT2D eigenvalue weighted by atomic mass is 16.3. The van der Waals surface area contributed by atoms with Gasteiger partial charge in [-0.25, -0.2) is 5.43 Å². The zero-order valence-electron chi connectivity index (χ0n) is 10.3. The Balaban J connectivity index is 2.89. The number of hydrogen-bond acceptors (Lipinski definition) is 5. The van der Waals surface area contributed by atoms with Gasteiger partial charge in [0, 0.05) is 11.3 Å². The van der Waals surface area contributed by atoms with Gasteiger partial charge < -0.3 is 15.3 Å². The van der Waals surface area contributed by atoms with Crippen molar-refractivity contribution in [2.24, 2.45) is 5.10 Å². The van der Waals surface area contributed by atoms with E-state index < -0.39 is 23.2 Å². The van der Waals surface area contributed by atoms with Gasteiger partial charge in [0.25, 0.3) is 5.91 Å². The lowest BCUT2D eigenvalue weighted by Gasteiger charge is -2.05. The molecule has 1 aromatic carbocycles. The highest BCUT2D eigenvalue weighted by Gasteiger charge is 2.13. The molecule has 0 heterocycles. The van der Waals surface area contributed by atoms with Crippen molar-refractivity contribution in [1.29, 1.82) is 0 Å². The molecule has 6 heteroatoms. The van der Waals surface area contributed by atoms with Gasteiger partial charge in [-0.15, -0.1) is 0 Å². The number of phenolic OH excluding ortho intramolecular Hbond substituents is 3. The Labute approximate surface area is 105 Å². The molecule has 6 nitrogen and oxygen atoms in total. The zero-order valence-corrected chi connectivity index (χ0v) is 10.3. The molecule has 0 saturated carbocycles. The minimum atomic E-state index is -0.655. The molecule has 1 rings (SSSR count). The topological polar surface area (TPSA) is 102 Å². The number of carbonyl (C=O) groups excluding carboxylic acids is 1. The largest absolute Gasteiger partial charge is 0.504 e. The molecule has 4 N–H and O–H groups in total. The van der Waals surface area contributed by atoms with Crippen LogP contribution in [0.3, 0.4) is 0 Å². The average molecular weight is 252 g/mol. The van der Waals surface area contributed by atoms with Crippen LogP contribution < -0.4 is 5.43 Å². The lowest BCUT2D eigenvalue weighted by Crippen LogP contribution is -2.19. The maximum Gasteiger partial charge on any atom is 0.271 e. The van der Waals surface area contributed by atoms with Crippen LogP contribution in [0.5, 0.6) is 17.2 Å². The number of amides is 1. The van der Waals surface area contributed by atoms with Crippen molar-refractivity contribution in [3.63, 3.8) is 0 Å².